The molecule has 1 saturated carbocycles. The van der Waals surface area contributed by atoms with Crippen molar-refractivity contribution in [3.63, 3.8) is 0 Å². The predicted molar refractivity (Wildman–Crippen MR) is 110 cm³/mol. The van der Waals surface area contributed by atoms with Crippen molar-refractivity contribution >= 4 is 17.7 Å². The van der Waals surface area contributed by atoms with E-state index >= 15 is 0 Å². The molecule has 3 fully saturated rings. The summed E-state index contributed by atoms with van der Waals surface area (Å²) in [7, 11) is 0. The number of ether oxygens (including phenoxy) is 1. The summed E-state index contributed by atoms with van der Waals surface area (Å²) in [4.78, 5) is 40.5. The fourth-order valence-corrected chi connectivity index (χ4v) is 5.13. The Kier molecular flexibility index (Phi) is 5.23. The van der Waals surface area contributed by atoms with Gasteiger partial charge in [0.2, 0.25) is 11.8 Å². The smallest absolute Gasteiger partial charge is 0.255 e. The van der Waals surface area contributed by atoms with E-state index in [-0.39, 0.29) is 30.2 Å². The van der Waals surface area contributed by atoms with Crippen LogP contribution < -0.4 is 10.1 Å². The van der Waals surface area contributed by atoms with Crippen molar-refractivity contribution in [3.8, 4) is 5.75 Å². The molecular formula is C23H29N3O4. The molecule has 1 N–H and O–H groups in total. The minimum Gasteiger partial charge on any atom is -0.489 e. The Morgan fingerprint density at radius 1 is 1.07 bits per heavy atom. The van der Waals surface area contributed by atoms with Gasteiger partial charge < -0.3 is 9.64 Å². The summed E-state index contributed by atoms with van der Waals surface area (Å²) in [5, 5.41) is 2.34. The van der Waals surface area contributed by atoms with E-state index in [1.54, 1.807) is 4.90 Å². The molecule has 3 aliphatic heterocycles. The second-order valence-electron chi connectivity index (χ2n) is 9.16. The van der Waals surface area contributed by atoms with Gasteiger partial charge >= 0.3 is 0 Å². The van der Waals surface area contributed by atoms with Crippen LogP contribution in [-0.4, -0.2) is 59.3 Å². The maximum Gasteiger partial charge on any atom is 0.255 e. The number of carbonyl (C=O) groups excluding carboxylic acids is 3. The van der Waals surface area contributed by atoms with E-state index in [9.17, 15) is 14.4 Å². The van der Waals surface area contributed by atoms with Crippen LogP contribution in [0, 0.1) is 5.92 Å². The third kappa shape index (κ3) is 3.83. The van der Waals surface area contributed by atoms with E-state index in [1.165, 1.54) is 25.8 Å². The van der Waals surface area contributed by atoms with Gasteiger partial charge in [0, 0.05) is 31.6 Å². The molecular weight excluding hydrogens is 382 g/mol. The molecule has 0 aromatic heterocycles. The van der Waals surface area contributed by atoms with Crippen molar-refractivity contribution < 1.29 is 19.1 Å². The van der Waals surface area contributed by atoms with Gasteiger partial charge in [-0.2, -0.15) is 0 Å². The summed E-state index contributed by atoms with van der Waals surface area (Å²) in [6.45, 7) is 3.71. The molecule has 30 heavy (non-hydrogen) atoms. The maximum atomic E-state index is 12.8. The topological polar surface area (TPSA) is 79.0 Å². The van der Waals surface area contributed by atoms with Gasteiger partial charge in [0.15, 0.2) is 0 Å². The number of benzene rings is 1. The minimum absolute atomic E-state index is 0.143. The second-order valence-corrected chi connectivity index (χ2v) is 9.16. The van der Waals surface area contributed by atoms with E-state index in [2.05, 4.69) is 10.2 Å². The number of hydrogen-bond acceptors (Lipinski definition) is 5. The monoisotopic (exact) mass is 411 g/mol. The zero-order valence-corrected chi connectivity index (χ0v) is 17.3. The van der Waals surface area contributed by atoms with Gasteiger partial charge in [-0.25, -0.2) is 0 Å². The predicted octanol–water partition coefficient (Wildman–Crippen LogP) is 2.09. The van der Waals surface area contributed by atoms with Crippen LogP contribution >= 0.6 is 0 Å². The fraction of sp³-hybridized carbons (Fsp3) is 0.609. The summed E-state index contributed by atoms with van der Waals surface area (Å²) in [6, 6.07) is 5.05. The molecule has 0 bridgehead atoms. The number of amides is 3. The molecule has 2 atom stereocenters. The average Bonchev–Trinajstić information content (AvgIpc) is 3.01. The van der Waals surface area contributed by atoms with Gasteiger partial charge in [-0.1, -0.05) is 6.42 Å². The molecule has 0 spiro atoms. The molecule has 7 heteroatoms. The van der Waals surface area contributed by atoms with Gasteiger partial charge in [-0.3, -0.25) is 24.6 Å². The molecule has 2 saturated heterocycles. The highest BCUT2D eigenvalue weighted by atomic mass is 16.5. The lowest BCUT2D eigenvalue weighted by molar-refractivity contribution is -0.136. The SMILES string of the molecule is O=C1CCC(N2Cc3cc(OC4CCCN(CC5CCC5)C4)ccc3C2=O)C(=O)N1. The first-order chi connectivity index (χ1) is 14.6. The van der Waals surface area contributed by atoms with E-state index in [0.29, 0.717) is 18.5 Å². The highest BCUT2D eigenvalue weighted by Gasteiger charge is 2.39. The van der Waals surface area contributed by atoms with Crippen molar-refractivity contribution in [2.75, 3.05) is 19.6 Å². The Bertz CT molecular complexity index is 866. The largest absolute Gasteiger partial charge is 0.489 e. The van der Waals surface area contributed by atoms with Crippen molar-refractivity contribution in [3.05, 3.63) is 29.3 Å². The Hall–Kier alpha value is -2.41. The Balaban J connectivity index is 1.23. The number of hydrogen-bond donors (Lipinski definition) is 1. The van der Waals surface area contributed by atoms with Gasteiger partial charge in [0.25, 0.3) is 5.91 Å². The van der Waals surface area contributed by atoms with Crippen LogP contribution in [0.1, 0.15) is 60.9 Å². The second kappa shape index (κ2) is 8.02. The number of carbonyl (C=O) groups is 3. The average molecular weight is 412 g/mol. The molecule has 1 aromatic carbocycles. The van der Waals surface area contributed by atoms with Crippen LogP contribution in [0.3, 0.4) is 0 Å². The van der Waals surface area contributed by atoms with Gasteiger partial charge in [0.05, 0.1) is 0 Å². The summed E-state index contributed by atoms with van der Waals surface area (Å²) in [6.07, 6.45) is 7.15. The molecule has 2 unspecified atom stereocenters. The van der Waals surface area contributed by atoms with Crippen LogP contribution in [0.5, 0.6) is 5.75 Å². The quantitative estimate of drug-likeness (QED) is 0.751. The van der Waals surface area contributed by atoms with Crippen LogP contribution in [0.2, 0.25) is 0 Å². The molecule has 1 aromatic rings. The summed E-state index contributed by atoms with van der Waals surface area (Å²) in [5.41, 5.74) is 1.52. The Morgan fingerprint density at radius 3 is 2.70 bits per heavy atom. The third-order valence-corrected chi connectivity index (χ3v) is 7.00. The molecule has 3 amide bonds. The third-order valence-electron chi connectivity index (χ3n) is 7.00. The first-order valence-corrected chi connectivity index (χ1v) is 11.2. The molecule has 0 radical (unpaired) electrons. The van der Waals surface area contributed by atoms with Crippen molar-refractivity contribution in [2.45, 2.75) is 63.6 Å². The lowest BCUT2D eigenvalue weighted by atomic mass is 9.84. The summed E-state index contributed by atoms with van der Waals surface area (Å²) in [5.74, 6) is 0.873. The van der Waals surface area contributed by atoms with Crippen molar-refractivity contribution in [1.82, 2.24) is 15.1 Å². The molecule has 160 valence electrons. The molecule has 3 heterocycles. The number of nitrogens with one attached hydrogen (secondary N) is 1. The van der Waals surface area contributed by atoms with E-state index < -0.39 is 6.04 Å². The highest BCUT2D eigenvalue weighted by Crippen LogP contribution is 2.32. The van der Waals surface area contributed by atoms with Crippen molar-refractivity contribution in [2.24, 2.45) is 5.92 Å². The number of imide groups is 1. The molecule has 4 aliphatic rings. The highest BCUT2D eigenvalue weighted by molar-refractivity contribution is 6.05. The number of fused-ring (bicyclic) bond motifs is 1. The van der Waals surface area contributed by atoms with Gasteiger partial charge in [-0.05, 0) is 68.3 Å². The van der Waals surface area contributed by atoms with E-state index in [1.807, 2.05) is 18.2 Å². The first-order valence-electron chi connectivity index (χ1n) is 11.2. The molecule has 5 rings (SSSR count). The van der Waals surface area contributed by atoms with Gasteiger partial charge in [0.1, 0.15) is 17.9 Å². The molecule has 7 nitrogen and oxygen atoms in total. The normalized spacial score (nSPS) is 27.6. The van der Waals surface area contributed by atoms with Crippen molar-refractivity contribution in [1.29, 1.82) is 0 Å². The standard InChI is InChI=1S/C23H29N3O4/c27-21-9-8-20(22(28)24-21)26-13-16-11-17(6-7-19(16)23(26)29)30-18-5-2-10-25(14-18)12-15-3-1-4-15/h6-7,11,15,18,20H,1-5,8-10,12-14H2,(H,24,27,28). The number of nitrogens with zero attached hydrogens (tertiary/aromatic N) is 2. The summed E-state index contributed by atoms with van der Waals surface area (Å²) >= 11 is 0. The zero-order chi connectivity index (χ0) is 20.7. The zero-order valence-electron chi connectivity index (χ0n) is 17.3. The Morgan fingerprint density at radius 2 is 1.93 bits per heavy atom. The van der Waals surface area contributed by atoms with Crippen LogP contribution in [0.15, 0.2) is 18.2 Å². The van der Waals surface area contributed by atoms with Crippen LogP contribution in [-0.2, 0) is 16.1 Å². The first kappa shape index (κ1) is 19.5. The molecule has 1 aliphatic carbocycles. The lowest BCUT2D eigenvalue weighted by Gasteiger charge is -2.37. The van der Waals surface area contributed by atoms with Crippen LogP contribution in [0.4, 0.5) is 0 Å². The minimum atomic E-state index is -0.578. The lowest BCUT2D eigenvalue weighted by Crippen LogP contribution is -2.52. The maximum absolute atomic E-state index is 12.8. The number of rotatable bonds is 5. The van der Waals surface area contributed by atoms with Gasteiger partial charge in [-0.15, -0.1) is 0 Å². The van der Waals surface area contributed by atoms with E-state index in [0.717, 1.165) is 43.2 Å². The number of piperidine rings is 2. The van der Waals surface area contributed by atoms with Crippen LogP contribution in [0.25, 0.3) is 0 Å². The Labute approximate surface area is 176 Å². The summed E-state index contributed by atoms with van der Waals surface area (Å²) < 4.78 is 6.30. The van der Waals surface area contributed by atoms with E-state index in [4.69, 9.17) is 4.74 Å². The number of likely N-dealkylation sites (tertiary alicyclic amines) is 1. The fourth-order valence-electron chi connectivity index (χ4n) is 5.13.